The second-order valence-corrected chi connectivity index (χ2v) is 9.17. The van der Waals surface area contributed by atoms with E-state index in [9.17, 15) is 9.18 Å². The SMILES string of the molecule is O=C1/C(=C/c2sccc2-c2ccc(F)cc2)SC(=S)N1C1CCCCC1. The Kier molecular flexibility index (Phi) is 5.25. The number of thiocarbonyl (C=S) groups is 1. The lowest BCUT2D eigenvalue weighted by atomic mass is 9.94. The van der Waals surface area contributed by atoms with Crippen LogP contribution in [-0.2, 0) is 4.79 Å². The minimum absolute atomic E-state index is 0.0327. The van der Waals surface area contributed by atoms with Crippen molar-refractivity contribution >= 4 is 51.6 Å². The minimum Gasteiger partial charge on any atom is -0.290 e. The van der Waals surface area contributed by atoms with E-state index in [1.807, 2.05) is 22.4 Å². The first-order chi connectivity index (χ1) is 12.6. The molecule has 0 bridgehead atoms. The first-order valence-corrected chi connectivity index (χ1v) is 10.8. The van der Waals surface area contributed by atoms with Gasteiger partial charge < -0.3 is 0 Å². The summed E-state index contributed by atoms with van der Waals surface area (Å²) in [5.74, 6) is -0.218. The molecule has 1 aliphatic carbocycles. The number of hydrogen-bond donors (Lipinski definition) is 0. The first-order valence-electron chi connectivity index (χ1n) is 8.74. The van der Waals surface area contributed by atoms with Crippen LogP contribution in [0.4, 0.5) is 4.39 Å². The molecule has 0 N–H and O–H groups in total. The summed E-state index contributed by atoms with van der Waals surface area (Å²) < 4.78 is 13.9. The molecule has 26 heavy (non-hydrogen) atoms. The number of rotatable bonds is 3. The van der Waals surface area contributed by atoms with Gasteiger partial charge in [-0.15, -0.1) is 11.3 Å². The van der Waals surface area contributed by atoms with Crippen molar-refractivity contribution in [1.29, 1.82) is 0 Å². The largest absolute Gasteiger partial charge is 0.290 e. The molecule has 1 aliphatic heterocycles. The summed E-state index contributed by atoms with van der Waals surface area (Å²) in [7, 11) is 0. The van der Waals surface area contributed by atoms with E-state index in [1.54, 1.807) is 23.5 Å². The fourth-order valence-electron chi connectivity index (χ4n) is 3.55. The Hall–Kier alpha value is -1.50. The minimum atomic E-state index is -0.251. The summed E-state index contributed by atoms with van der Waals surface area (Å²) >= 11 is 8.47. The molecule has 0 spiro atoms. The third kappa shape index (κ3) is 3.50. The predicted octanol–water partition coefficient (Wildman–Crippen LogP) is 6.09. The highest BCUT2D eigenvalue weighted by atomic mass is 32.2. The average molecular weight is 404 g/mol. The van der Waals surface area contributed by atoms with Crippen molar-refractivity contribution < 1.29 is 9.18 Å². The highest BCUT2D eigenvalue weighted by Gasteiger charge is 2.37. The molecule has 1 saturated heterocycles. The zero-order valence-corrected chi connectivity index (χ0v) is 16.6. The number of hydrogen-bond acceptors (Lipinski definition) is 4. The van der Waals surface area contributed by atoms with Gasteiger partial charge in [-0.25, -0.2) is 4.39 Å². The van der Waals surface area contributed by atoms with Crippen molar-refractivity contribution in [2.45, 2.75) is 38.1 Å². The van der Waals surface area contributed by atoms with E-state index in [2.05, 4.69) is 0 Å². The molecule has 4 rings (SSSR count). The van der Waals surface area contributed by atoms with Crippen molar-refractivity contribution in [3.8, 4) is 11.1 Å². The van der Waals surface area contributed by atoms with Crippen LogP contribution in [0.1, 0.15) is 37.0 Å². The van der Waals surface area contributed by atoms with Gasteiger partial charge in [0.1, 0.15) is 10.1 Å². The fourth-order valence-corrected chi connectivity index (χ4v) is 5.86. The first kappa shape index (κ1) is 17.9. The summed E-state index contributed by atoms with van der Waals surface area (Å²) in [5, 5.41) is 1.99. The van der Waals surface area contributed by atoms with E-state index >= 15 is 0 Å². The van der Waals surface area contributed by atoms with Gasteiger partial charge in [0.15, 0.2) is 0 Å². The molecule has 2 heterocycles. The number of thioether (sulfide) groups is 1. The lowest BCUT2D eigenvalue weighted by Gasteiger charge is -2.29. The predicted molar refractivity (Wildman–Crippen MR) is 112 cm³/mol. The fraction of sp³-hybridized carbons (Fsp3) is 0.300. The molecule has 0 radical (unpaired) electrons. The Bertz CT molecular complexity index is 865. The van der Waals surface area contributed by atoms with Crippen molar-refractivity contribution in [3.63, 3.8) is 0 Å². The van der Waals surface area contributed by atoms with Crippen molar-refractivity contribution in [3.05, 3.63) is 51.3 Å². The number of thiophene rings is 1. The lowest BCUT2D eigenvalue weighted by molar-refractivity contribution is -0.124. The second kappa shape index (κ2) is 7.62. The summed E-state index contributed by atoms with van der Waals surface area (Å²) in [5.41, 5.74) is 1.96. The Labute approximate surface area is 166 Å². The van der Waals surface area contributed by atoms with Crippen LogP contribution in [0, 0.1) is 5.82 Å². The van der Waals surface area contributed by atoms with Gasteiger partial charge >= 0.3 is 0 Å². The van der Waals surface area contributed by atoms with E-state index in [0.717, 1.165) is 28.8 Å². The van der Waals surface area contributed by atoms with Crippen molar-refractivity contribution in [2.75, 3.05) is 0 Å². The summed E-state index contributed by atoms with van der Waals surface area (Å²) in [6, 6.07) is 8.70. The van der Waals surface area contributed by atoms with Gasteiger partial charge in [0.25, 0.3) is 5.91 Å². The maximum atomic E-state index is 13.2. The Balaban J connectivity index is 1.61. The quantitative estimate of drug-likeness (QED) is 0.457. The summed E-state index contributed by atoms with van der Waals surface area (Å²) in [6.07, 6.45) is 7.60. The van der Waals surface area contributed by atoms with Crippen LogP contribution in [0.2, 0.25) is 0 Å². The van der Waals surface area contributed by atoms with Crippen LogP contribution >= 0.6 is 35.3 Å². The topological polar surface area (TPSA) is 20.3 Å². The number of amides is 1. The van der Waals surface area contributed by atoms with Crippen LogP contribution in [0.25, 0.3) is 17.2 Å². The van der Waals surface area contributed by atoms with Crippen LogP contribution < -0.4 is 0 Å². The molecular weight excluding hydrogens is 385 g/mol. The average Bonchev–Trinajstić information content (AvgIpc) is 3.21. The normalized spacial score (nSPS) is 20.3. The van der Waals surface area contributed by atoms with E-state index < -0.39 is 0 Å². The second-order valence-electron chi connectivity index (χ2n) is 6.55. The molecule has 2 fully saturated rings. The lowest BCUT2D eigenvalue weighted by Crippen LogP contribution is -2.39. The van der Waals surface area contributed by atoms with Crippen molar-refractivity contribution in [1.82, 2.24) is 4.90 Å². The molecule has 6 heteroatoms. The summed E-state index contributed by atoms with van der Waals surface area (Å²) in [6.45, 7) is 0. The molecule has 2 aromatic rings. The Morgan fingerprint density at radius 2 is 1.85 bits per heavy atom. The van der Waals surface area contributed by atoms with Gasteiger partial charge in [0.2, 0.25) is 0 Å². The number of halogens is 1. The third-order valence-corrected chi connectivity index (χ3v) is 7.07. The number of benzene rings is 1. The zero-order valence-electron chi connectivity index (χ0n) is 14.1. The smallest absolute Gasteiger partial charge is 0.266 e. The molecule has 0 atom stereocenters. The van der Waals surface area contributed by atoms with Gasteiger partial charge in [0, 0.05) is 10.9 Å². The standard InChI is InChI=1S/C20H18FNOS3/c21-14-8-6-13(7-9-14)16-10-11-25-17(16)12-18-19(23)22(20(24)26-18)15-4-2-1-3-5-15/h6-12,15H,1-5H2/b18-12-. The molecule has 1 aromatic carbocycles. The van der Waals surface area contributed by atoms with E-state index in [0.29, 0.717) is 9.23 Å². The van der Waals surface area contributed by atoms with E-state index in [4.69, 9.17) is 12.2 Å². The number of carbonyl (C=O) groups excluding carboxylic acids is 1. The molecule has 0 unspecified atom stereocenters. The Morgan fingerprint density at radius 3 is 2.58 bits per heavy atom. The van der Waals surface area contributed by atoms with Gasteiger partial charge in [-0.1, -0.05) is 55.4 Å². The molecule has 2 nitrogen and oxygen atoms in total. The molecule has 2 aliphatic rings. The molecule has 1 saturated carbocycles. The summed E-state index contributed by atoms with van der Waals surface area (Å²) in [4.78, 5) is 16.5. The third-order valence-electron chi connectivity index (χ3n) is 4.88. The van der Waals surface area contributed by atoms with E-state index in [1.165, 1.54) is 43.2 Å². The Morgan fingerprint density at radius 1 is 1.12 bits per heavy atom. The van der Waals surface area contributed by atoms with Gasteiger partial charge in [-0.2, -0.15) is 0 Å². The van der Waals surface area contributed by atoms with Crippen LogP contribution in [0.5, 0.6) is 0 Å². The number of carbonyl (C=O) groups is 1. The van der Waals surface area contributed by atoms with Gasteiger partial charge in [0.05, 0.1) is 4.91 Å². The van der Waals surface area contributed by atoms with Gasteiger partial charge in [-0.3, -0.25) is 9.69 Å². The molecule has 1 aromatic heterocycles. The zero-order chi connectivity index (χ0) is 18.1. The van der Waals surface area contributed by atoms with E-state index in [-0.39, 0.29) is 17.8 Å². The molecule has 1 amide bonds. The van der Waals surface area contributed by atoms with Crippen LogP contribution in [0.15, 0.2) is 40.6 Å². The maximum absolute atomic E-state index is 13.2. The van der Waals surface area contributed by atoms with Crippen molar-refractivity contribution in [2.24, 2.45) is 0 Å². The highest BCUT2D eigenvalue weighted by molar-refractivity contribution is 8.26. The monoisotopic (exact) mass is 403 g/mol. The van der Waals surface area contributed by atoms with Gasteiger partial charge in [-0.05, 0) is 53.6 Å². The molecular formula is C20H18FNOS3. The van der Waals surface area contributed by atoms with Crippen LogP contribution in [-0.4, -0.2) is 21.2 Å². The highest BCUT2D eigenvalue weighted by Crippen LogP contribution is 2.39. The maximum Gasteiger partial charge on any atom is 0.266 e. The van der Waals surface area contributed by atoms with Crippen LogP contribution in [0.3, 0.4) is 0 Å². The number of nitrogens with zero attached hydrogens (tertiary/aromatic N) is 1. The molecule has 134 valence electrons.